The largest absolute Gasteiger partial charge is 0.507 e. The Morgan fingerprint density at radius 2 is 2.21 bits per heavy atom. The van der Waals surface area contributed by atoms with Gasteiger partial charge in [-0.15, -0.1) is 0 Å². The van der Waals surface area contributed by atoms with Crippen LogP contribution in [0.15, 0.2) is 42.7 Å². The summed E-state index contributed by atoms with van der Waals surface area (Å²) >= 11 is 2.11. The van der Waals surface area contributed by atoms with Gasteiger partial charge in [0.25, 0.3) is 5.91 Å². The van der Waals surface area contributed by atoms with Gasteiger partial charge in [0.15, 0.2) is 0 Å². The predicted molar refractivity (Wildman–Crippen MR) is 80.9 cm³/mol. The average Bonchev–Trinajstić information content (AvgIpc) is 2.42. The first-order chi connectivity index (χ1) is 9.08. The van der Waals surface area contributed by atoms with E-state index < -0.39 is 0 Å². The molecule has 1 aromatic heterocycles. The van der Waals surface area contributed by atoms with Gasteiger partial charge in [-0.05, 0) is 52.4 Å². The first kappa shape index (κ1) is 13.8. The predicted octanol–water partition coefficient (Wildman–Crippen LogP) is 2.66. The Labute approximate surface area is 125 Å². The summed E-state index contributed by atoms with van der Waals surface area (Å²) < 4.78 is 0.911. The highest BCUT2D eigenvalue weighted by molar-refractivity contribution is 14.1. The zero-order valence-corrected chi connectivity index (χ0v) is 12.5. The highest BCUT2D eigenvalue weighted by Crippen LogP contribution is 2.21. The Kier molecular flexibility index (Phi) is 4.36. The van der Waals surface area contributed by atoms with Gasteiger partial charge in [0.05, 0.1) is 5.56 Å². The van der Waals surface area contributed by atoms with E-state index in [0.29, 0.717) is 12.1 Å². The van der Waals surface area contributed by atoms with Crippen LogP contribution in [0.25, 0.3) is 0 Å². The summed E-state index contributed by atoms with van der Waals surface area (Å²) in [6, 6.07) is 8.71. The number of carbonyl (C=O) groups excluding carboxylic acids is 1. The van der Waals surface area contributed by atoms with Crippen LogP contribution in [0.3, 0.4) is 0 Å². The summed E-state index contributed by atoms with van der Waals surface area (Å²) in [6.07, 6.45) is 3.41. The van der Waals surface area contributed by atoms with Crippen molar-refractivity contribution in [2.45, 2.75) is 6.54 Å². The fourth-order valence-corrected chi connectivity index (χ4v) is 2.21. The SMILES string of the molecule is CN(Cc1cccnc1)C(=O)c1cc(I)ccc1O. The zero-order valence-electron chi connectivity index (χ0n) is 10.4. The van der Waals surface area contributed by atoms with Gasteiger partial charge in [-0.3, -0.25) is 9.78 Å². The number of carbonyl (C=O) groups is 1. The van der Waals surface area contributed by atoms with Crippen LogP contribution in [0.1, 0.15) is 15.9 Å². The lowest BCUT2D eigenvalue weighted by molar-refractivity contribution is 0.0782. The fraction of sp³-hybridized carbons (Fsp3) is 0.143. The molecule has 19 heavy (non-hydrogen) atoms. The highest BCUT2D eigenvalue weighted by Gasteiger charge is 2.16. The van der Waals surface area contributed by atoms with Gasteiger partial charge in [0.1, 0.15) is 5.75 Å². The molecule has 1 aromatic carbocycles. The molecule has 0 bridgehead atoms. The van der Waals surface area contributed by atoms with E-state index in [1.807, 2.05) is 12.1 Å². The second-order valence-electron chi connectivity index (χ2n) is 4.18. The molecule has 0 atom stereocenters. The molecule has 0 fully saturated rings. The lowest BCUT2D eigenvalue weighted by Crippen LogP contribution is -2.26. The van der Waals surface area contributed by atoms with E-state index >= 15 is 0 Å². The maximum Gasteiger partial charge on any atom is 0.257 e. The van der Waals surface area contributed by atoms with E-state index in [-0.39, 0.29) is 11.7 Å². The molecule has 2 rings (SSSR count). The van der Waals surface area contributed by atoms with Crippen molar-refractivity contribution < 1.29 is 9.90 Å². The summed E-state index contributed by atoms with van der Waals surface area (Å²) in [5.74, 6) is -0.205. The van der Waals surface area contributed by atoms with E-state index in [4.69, 9.17) is 0 Å². The van der Waals surface area contributed by atoms with Crippen molar-refractivity contribution in [3.8, 4) is 5.75 Å². The second-order valence-corrected chi connectivity index (χ2v) is 5.43. The number of amides is 1. The molecular formula is C14H13IN2O2. The minimum absolute atomic E-state index is 0.00320. The molecule has 0 saturated carbocycles. The van der Waals surface area contributed by atoms with Gasteiger partial charge < -0.3 is 10.0 Å². The number of hydrogen-bond donors (Lipinski definition) is 1. The standard InChI is InChI=1S/C14H13IN2O2/c1-17(9-10-3-2-6-16-8-10)14(19)12-7-11(15)4-5-13(12)18/h2-8,18H,9H2,1H3. The number of phenols is 1. The molecule has 0 radical (unpaired) electrons. The summed E-state index contributed by atoms with van der Waals surface area (Å²) in [6.45, 7) is 0.456. The Balaban J connectivity index is 2.17. The third kappa shape index (κ3) is 3.44. The van der Waals surface area contributed by atoms with Crippen LogP contribution < -0.4 is 0 Å². The van der Waals surface area contributed by atoms with Gasteiger partial charge in [0.2, 0.25) is 0 Å². The van der Waals surface area contributed by atoms with Crippen molar-refractivity contribution in [1.29, 1.82) is 0 Å². The van der Waals surface area contributed by atoms with Gasteiger partial charge in [-0.2, -0.15) is 0 Å². The maximum atomic E-state index is 12.3. The van der Waals surface area contributed by atoms with Crippen LogP contribution >= 0.6 is 22.6 Å². The van der Waals surface area contributed by atoms with E-state index in [0.717, 1.165) is 9.13 Å². The molecule has 0 aliphatic rings. The number of pyridine rings is 1. The third-order valence-electron chi connectivity index (χ3n) is 2.68. The fourth-order valence-electron chi connectivity index (χ4n) is 1.72. The number of aromatic nitrogens is 1. The maximum absolute atomic E-state index is 12.3. The Bertz CT molecular complexity index is 587. The minimum atomic E-state index is -0.208. The molecule has 0 aliphatic carbocycles. The van der Waals surface area contributed by atoms with E-state index in [2.05, 4.69) is 27.6 Å². The molecular weight excluding hydrogens is 355 g/mol. The summed E-state index contributed by atoms with van der Waals surface area (Å²) in [7, 11) is 1.70. The first-order valence-electron chi connectivity index (χ1n) is 5.71. The number of aromatic hydroxyl groups is 1. The molecule has 1 amide bonds. The van der Waals surface area contributed by atoms with E-state index in [9.17, 15) is 9.90 Å². The van der Waals surface area contributed by atoms with E-state index in [1.54, 1.807) is 36.5 Å². The Morgan fingerprint density at radius 3 is 2.89 bits per heavy atom. The second kappa shape index (κ2) is 6.01. The summed E-state index contributed by atoms with van der Waals surface area (Å²) in [4.78, 5) is 17.8. The van der Waals surface area contributed by atoms with Crippen molar-refractivity contribution in [2.75, 3.05) is 7.05 Å². The molecule has 1 N–H and O–H groups in total. The van der Waals surface area contributed by atoms with Crippen LogP contribution in [-0.4, -0.2) is 27.9 Å². The van der Waals surface area contributed by atoms with Crippen molar-refractivity contribution in [3.05, 3.63) is 57.4 Å². The number of halogens is 1. The summed E-state index contributed by atoms with van der Waals surface area (Å²) in [5.41, 5.74) is 1.27. The average molecular weight is 368 g/mol. The molecule has 0 saturated heterocycles. The normalized spacial score (nSPS) is 10.2. The lowest BCUT2D eigenvalue weighted by Gasteiger charge is -2.17. The molecule has 4 nitrogen and oxygen atoms in total. The Morgan fingerprint density at radius 1 is 1.42 bits per heavy atom. The molecule has 98 valence electrons. The van der Waals surface area contributed by atoms with Crippen LogP contribution in [0.2, 0.25) is 0 Å². The quantitative estimate of drug-likeness (QED) is 0.848. The number of phenolic OH excluding ortho intramolecular Hbond substituents is 1. The zero-order chi connectivity index (χ0) is 13.8. The van der Waals surface area contributed by atoms with Crippen molar-refractivity contribution >= 4 is 28.5 Å². The van der Waals surface area contributed by atoms with Gasteiger partial charge in [-0.25, -0.2) is 0 Å². The van der Waals surface area contributed by atoms with Gasteiger partial charge >= 0.3 is 0 Å². The topological polar surface area (TPSA) is 53.4 Å². The highest BCUT2D eigenvalue weighted by atomic mass is 127. The van der Waals surface area contributed by atoms with Gasteiger partial charge in [0, 0.05) is 29.6 Å². The Hall–Kier alpha value is -1.63. The van der Waals surface area contributed by atoms with Crippen LogP contribution in [0.5, 0.6) is 5.75 Å². The monoisotopic (exact) mass is 368 g/mol. The molecule has 0 spiro atoms. The number of rotatable bonds is 3. The van der Waals surface area contributed by atoms with Gasteiger partial charge in [-0.1, -0.05) is 6.07 Å². The number of benzene rings is 1. The van der Waals surface area contributed by atoms with Crippen molar-refractivity contribution in [3.63, 3.8) is 0 Å². The molecule has 5 heteroatoms. The summed E-state index contributed by atoms with van der Waals surface area (Å²) in [5, 5.41) is 9.76. The van der Waals surface area contributed by atoms with Crippen LogP contribution in [-0.2, 0) is 6.54 Å². The van der Waals surface area contributed by atoms with Crippen LogP contribution in [0, 0.1) is 3.57 Å². The van der Waals surface area contributed by atoms with Crippen LogP contribution in [0.4, 0.5) is 0 Å². The number of hydrogen-bond acceptors (Lipinski definition) is 3. The smallest absolute Gasteiger partial charge is 0.257 e. The molecule has 2 aromatic rings. The number of nitrogens with zero attached hydrogens (tertiary/aromatic N) is 2. The van der Waals surface area contributed by atoms with E-state index in [1.165, 1.54) is 6.07 Å². The minimum Gasteiger partial charge on any atom is -0.507 e. The first-order valence-corrected chi connectivity index (χ1v) is 6.78. The molecule has 0 aliphatic heterocycles. The molecule has 1 heterocycles. The third-order valence-corrected chi connectivity index (χ3v) is 3.35. The molecule has 0 unspecified atom stereocenters. The van der Waals surface area contributed by atoms with Crippen molar-refractivity contribution in [2.24, 2.45) is 0 Å². The lowest BCUT2D eigenvalue weighted by atomic mass is 10.1. The van der Waals surface area contributed by atoms with Crippen molar-refractivity contribution in [1.82, 2.24) is 9.88 Å².